The maximum Gasteiger partial charge on any atom is 0.296 e. The average Bonchev–Trinajstić information content (AvgIpc) is 4.07. The van der Waals surface area contributed by atoms with E-state index in [0.29, 0.717) is 24.3 Å². The van der Waals surface area contributed by atoms with E-state index in [9.17, 15) is 65.5 Å². The molecule has 0 amide bonds. The van der Waals surface area contributed by atoms with Gasteiger partial charge in [0.1, 0.15) is 9.79 Å². The first-order chi connectivity index (χ1) is 29.8. The number of halogens is 15. The fourth-order valence-corrected chi connectivity index (χ4v) is 8.29. The largest absolute Gasteiger partial charge is 0.354 e. The summed E-state index contributed by atoms with van der Waals surface area (Å²) in [5, 5.41) is 0. The summed E-state index contributed by atoms with van der Waals surface area (Å²) < 4.78 is 299. The number of hydrogen-bond donors (Lipinski definition) is 5. The van der Waals surface area contributed by atoms with Crippen LogP contribution in [0.3, 0.4) is 0 Å². The zero-order valence-electron chi connectivity index (χ0n) is 29.9. The lowest BCUT2D eigenvalue weighted by molar-refractivity contribution is 0.381. The number of aromatic nitrogens is 4. The van der Waals surface area contributed by atoms with Crippen molar-refractivity contribution < 1.29 is 91.8 Å². The molecular formula is C37H11F15N4O6S2. The first kappa shape index (κ1) is 43.8. The molecule has 0 fully saturated rings. The molecule has 0 saturated heterocycles. The minimum absolute atomic E-state index is 0.0305. The first-order valence-corrected chi connectivity index (χ1v) is 19.6. The Labute approximate surface area is 342 Å². The summed E-state index contributed by atoms with van der Waals surface area (Å²) >= 11 is 0. The van der Waals surface area contributed by atoms with E-state index in [4.69, 9.17) is 0 Å². The van der Waals surface area contributed by atoms with Crippen LogP contribution in [0.25, 0.3) is 78.6 Å². The van der Waals surface area contributed by atoms with Crippen molar-refractivity contribution in [2.75, 3.05) is 0 Å². The highest BCUT2D eigenvalue weighted by atomic mass is 32.2. The van der Waals surface area contributed by atoms with Crippen LogP contribution in [0, 0.1) is 87.3 Å². The maximum atomic E-state index is 15.8. The molecule has 0 spiro atoms. The van der Waals surface area contributed by atoms with Crippen LogP contribution in [0.5, 0.6) is 0 Å². The Morgan fingerprint density at radius 1 is 0.359 bits per heavy atom. The molecule has 4 aromatic heterocycles. The Balaban J connectivity index is 1.78. The molecule has 1 aliphatic heterocycles. The molecular weight excluding hydrogens is 946 g/mol. The van der Waals surface area contributed by atoms with Crippen molar-refractivity contribution in [3.8, 4) is 33.4 Å². The normalized spacial score (nSPS) is 12.6. The standard InChI is InChI=1S/C37H11F15N4O6S2/c38-21-18(22(39)28(45)33(50)27(21)44)15-7-1-2-9(53-7)16(19-23(40)29(46)34(51)30(47)24(19)41)11-5-14(64(60,61)62)37(56-11)17(20-25(42)31(48)35(52)32(49)26(20)43)12-6-13(63(57,58)59)36(55-12)10-4-3-8(15)54-10/h1-6,53,55-56H,(H,57,58,59)(H,60,61,62). The summed E-state index contributed by atoms with van der Waals surface area (Å²) in [6.45, 7) is 0. The first-order valence-electron chi connectivity index (χ1n) is 16.7. The molecule has 332 valence electrons. The lowest BCUT2D eigenvalue weighted by atomic mass is 10.0. The second kappa shape index (κ2) is 14.6. The van der Waals surface area contributed by atoms with Gasteiger partial charge in [0.05, 0.1) is 50.1 Å². The predicted molar refractivity (Wildman–Crippen MR) is 190 cm³/mol. The van der Waals surface area contributed by atoms with Gasteiger partial charge in [0.25, 0.3) is 20.2 Å². The molecule has 0 radical (unpaired) electrons. The number of hydrogen-bond acceptors (Lipinski definition) is 5. The van der Waals surface area contributed by atoms with E-state index in [1.54, 1.807) is 0 Å². The van der Waals surface area contributed by atoms with Crippen LogP contribution in [-0.2, 0) is 20.2 Å². The number of fused-ring (bicyclic) bond motifs is 9. The second-order valence-corrected chi connectivity index (χ2v) is 16.0. The summed E-state index contributed by atoms with van der Waals surface area (Å²) in [6.07, 6.45) is 1.35. The van der Waals surface area contributed by atoms with Gasteiger partial charge in [-0.2, -0.15) is 16.8 Å². The molecule has 0 atom stereocenters. The van der Waals surface area contributed by atoms with Gasteiger partial charge in [-0.1, -0.05) is 0 Å². The number of nitrogens with zero attached hydrogens (tertiary/aromatic N) is 1. The molecule has 64 heavy (non-hydrogen) atoms. The summed E-state index contributed by atoms with van der Waals surface area (Å²) in [7, 11) is -11.8. The molecule has 10 nitrogen and oxygen atoms in total. The van der Waals surface area contributed by atoms with Crippen LogP contribution in [0.1, 0.15) is 11.4 Å². The third-order valence-corrected chi connectivity index (χ3v) is 11.4. The van der Waals surface area contributed by atoms with Crippen molar-refractivity contribution >= 4 is 65.5 Å². The molecule has 3 aromatic carbocycles. The highest BCUT2D eigenvalue weighted by Crippen LogP contribution is 2.44. The lowest BCUT2D eigenvalue weighted by Crippen LogP contribution is -2.05. The Morgan fingerprint density at radius 3 is 1.09 bits per heavy atom. The minimum atomic E-state index is -6.06. The smallest absolute Gasteiger partial charge is 0.296 e. The monoisotopic (exact) mass is 956 g/mol. The Kier molecular flexibility index (Phi) is 9.99. The van der Waals surface area contributed by atoms with Crippen molar-refractivity contribution in [3.63, 3.8) is 0 Å². The quantitative estimate of drug-likeness (QED) is 0.0495. The van der Waals surface area contributed by atoms with Crippen LogP contribution in [0.15, 0.2) is 34.1 Å². The molecule has 8 rings (SSSR count). The summed E-state index contributed by atoms with van der Waals surface area (Å²) in [6, 6.07) is 1.32. The summed E-state index contributed by atoms with van der Waals surface area (Å²) in [5.74, 6) is -40.8. The molecule has 0 aliphatic carbocycles. The second-order valence-electron chi connectivity index (χ2n) is 13.3. The fraction of sp³-hybridized carbons (Fsp3) is 0. The van der Waals surface area contributed by atoms with E-state index in [1.165, 1.54) is 0 Å². The topological polar surface area (TPSA) is 169 Å². The van der Waals surface area contributed by atoms with Gasteiger partial charge in [0.15, 0.2) is 69.8 Å². The maximum absolute atomic E-state index is 15.8. The van der Waals surface area contributed by atoms with Crippen LogP contribution in [0.2, 0.25) is 0 Å². The molecule has 1 aliphatic rings. The van der Waals surface area contributed by atoms with Gasteiger partial charge in [-0.05, 0) is 36.4 Å². The van der Waals surface area contributed by atoms with Crippen molar-refractivity contribution in [1.82, 2.24) is 19.9 Å². The van der Waals surface area contributed by atoms with Gasteiger partial charge in [0.2, 0.25) is 17.5 Å². The molecule has 27 heteroatoms. The van der Waals surface area contributed by atoms with Gasteiger partial charge in [-0.25, -0.2) is 70.8 Å². The third-order valence-electron chi connectivity index (χ3n) is 9.66. The molecule has 8 bridgehead atoms. The minimum Gasteiger partial charge on any atom is -0.354 e. The van der Waals surface area contributed by atoms with Crippen molar-refractivity contribution in [2.24, 2.45) is 0 Å². The third kappa shape index (κ3) is 6.39. The van der Waals surface area contributed by atoms with Crippen LogP contribution >= 0.6 is 0 Å². The van der Waals surface area contributed by atoms with Crippen molar-refractivity contribution in [3.05, 3.63) is 123 Å². The molecule has 5 heterocycles. The van der Waals surface area contributed by atoms with E-state index < -0.39 is 195 Å². The van der Waals surface area contributed by atoms with E-state index in [0.717, 1.165) is 0 Å². The zero-order valence-corrected chi connectivity index (χ0v) is 31.6. The fourth-order valence-electron chi connectivity index (χ4n) is 6.93. The van der Waals surface area contributed by atoms with Gasteiger partial charge in [0, 0.05) is 27.7 Å². The van der Waals surface area contributed by atoms with Gasteiger partial charge in [-0.15, -0.1) is 0 Å². The van der Waals surface area contributed by atoms with E-state index >= 15 is 26.3 Å². The van der Waals surface area contributed by atoms with E-state index in [1.807, 2.05) is 4.98 Å². The van der Waals surface area contributed by atoms with Gasteiger partial charge in [-0.3, -0.25) is 9.11 Å². The highest BCUT2D eigenvalue weighted by Gasteiger charge is 2.35. The van der Waals surface area contributed by atoms with Crippen molar-refractivity contribution in [1.29, 1.82) is 0 Å². The summed E-state index contributed by atoms with van der Waals surface area (Å²) in [4.78, 5) is 6.78. The summed E-state index contributed by atoms with van der Waals surface area (Å²) in [5.41, 5.74) is -19.8. The van der Waals surface area contributed by atoms with E-state index in [-0.39, 0.29) is 12.1 Å². The molecule has 0 unspecified atom stereocenters. The number of nitrogens with one attached hydrogen (secondary N) is 3. The van der Waals surface area contributed by atoms with Crippen LogP contribution in [0.4, 0.5) is 65.9 Å². The van der Waals surface area contributed by atoms with Crippen LogP contribution < -0.4 is 0 Å². The SMILES string of the molecule is O=S(=O)(O)c1cc2[nH]c1c1nc(c(-c3c(F)c(F)c(F)c(F)c3F)c3ccc([nH]3)c(-c3c(F)c(F)c(F)c(F)c3F)c3cc(S(=O)(=O)O)c([nH]3)c2-c2c(F)c(F)c(F)c(F)c2F)C=C1. The average molecular weight is 957 g/mol. The van der Waals surface area contributed by atoms with Crippen molar-refractivity contribution in [2.45, 2.75) is 9.79 Å². The van der Waals surface area contributed by atoms with Gasteiger partial charge >= 0.3 is 0 Å². The van der Waals surface area contributed by atoms with E-state index in [2.05, 4.69) is 15.0 Å². The Morgan fingerprint density at radius 2 is 0.672 bits per heavy atom. The number of H-pyrrole nitrogens is 3. The molecule has 0 saturated carbocycles. The predicted octanol–water partition coefficient (Wildman–Crippen LogP) is 10.3. The number of aromatic amines is 3. The number of rotatable bonds is 5. The lowest BCUT2D eigenvalue weighted by Gasteiger charge is -2.11. The Bertz CT molecular complexity index is 3610. The molecule has 5 N–H and O–H groups in total. The molecule has 7 aromatic rings. The Hall–Kier alpha value is -6.84. The highest BCUT2D eigenvalue weighted by molar-refractivity contribution is 7.86. The van der Waals surface area contributed by atoms with Gasteiger partial charge < -0.3 is 15.0 Å². The number of benzene rings is 3. The zero-order chi connectivity index (χ0) is 47.0. The van der Waals surface area contributed by atoms with Crippen LogP contribution in [-0.4, -0.2) is 45.9 Å².